The van der Waals surface area contributed by atoms with Crippen LogP contribution in [0.2, 0.25) is 0 Å². The molecule has 1 atom stereocenters. The maximum absolute atomic E-state index is 13.3. The van der Waals surface area contributed by atoms with Gasteiger partial charge in [-0.05, 0) is 24.6 Å². The third-order valence-electron chi connectivity index (χ3n) is 3.68. The zero-order chi connectivity index (χ0) is 14.8. The number of hydrogen-bond acceptors (Lipinski definition) is 3. The summed E-state index contributed by atoms with van der Waals surface area (Å²) in [6, 6.07) is 3.93. The van der Waals surface area contributed by atoms with Crippen LogP contribution in [0.3, 0.4) is 0 Å². The first kappa shape index (κ1) is 13.6. The molecule has 0 spiro atoms. The molecule has 0 bridgehead atoms. The summed E-state index contributed by atoms with van der Waals surface area (Å²) in [5.41, 5.74) is 0.217. The first-order valence-corrected chi connectivity index (χ1v) is 6.82. The van der Waals surface area contributed by atoms with Crippen molar-refractivity contribution in [1.29, 1.82) is 0 Å². The molecule has 2 aromatic rings. The molecule has 0 unspecified atom stereocenters. The number of aryl methyl sites for hydroxylation is 1. The van der Waals surface area contributed by atoms with Gasteiger partial charge in [-0.3, -0.25) is 4.79 Å². The Morgan fingerprint density at radius 1 is 1.52 bits per heavy atom. The quantitative estimate of drug-likeness (QED) is 0.937. The van der Waals surface area contributed by atoms with E-state index in [4.69, 9.17) is 4.74 Å². The van der Waals surface area contributed by atoms with Crippen LogP contribution in [-0.2, 0) is 13.0 Å². The highest BCUT2D eigenvalue weighted by Gasteiger charge is 2.22. The van der Waals surface area contributed by atoms with Gasteiger partial charge in [-0.1, -0.05) is 0 Å². The van der Waals surface area contributed by atoms with E-state index in [2.05, 4.69) is 10.3 Å². The highest BCUT2D eigenvalue weighted by atomic mass is 19.1. The van der Waals surface area contributed by atoms with Crippen molar-refractivity contribution in [3.63, 3.8) is 0 Å². The lowest BCUT2D eigenvalue weighted by Crippen LogP contribution is -2.41. The highest BCUT2D eigenvalue weighted by molar-refractivity contribution is 5.97. The second-order valence-corrected chi connectivity index (χ2v) is 5.05. The number of fused-ring (bicyclic) bond motifs is 1. The molecule has 1 aliphatic rings. The Hall–Kier alpha value is -2.37. The van der Waals surface area contributed by atoms with Gasteiger partial charge in [-0.25, -0.2) is 9.37 Å². The number of hydrogen-bond donors (Lipinski definition) is 1. The molecule has 0 saturated carbocycles. The van der Waals surface area contributed by atoms with Gasteiger partial charge in [0.15, 0.2) is 0 Å². The van der Waals surface area contributed by atoms with E-state index in [-0.39, 0.29) is 17.5 Å². The number of rotatable bonds is 3. The first-order valence-electron chi connectivity index (χ1n) is 6.82. The lowest BCUT2D eigenvalue weighted by molar-refractivity contribution is 0.0924. The summed E-state index contributed by atoms with van der Waals surface area (Å²) in [5.74, 6) is 0.623. The van der Waals surface area contributed by atoms with Gasteiger partial charge >= 0.3 is 0 Å². The van der Waals surface area contributed by atoms with Crippen LogP contribution in [0.15, 0.2) is 30.6 Å². The average molecular weight is 289 g/mol. The third-order valence-corrected chi connectivity index (χ3v) is 3.68. The van der Waals surface area contributed by atoms with Crippen LogP contribution in [0, 0.1) is 5.82 Å². The average Bonchev–Trinajstić information content (AvgIpc) is 2.94. The number of ether oxygens (including phenoxy) is 1. The predicted octanol–water partition coefficient (Wildman–Crippen LogP) is 1.78. The number of halogens is 1. The third kappa shape index (κ3) is 2.74. The standard InChI is InChI=1S/C15H16FN3O2/c1-21-13-4-2-10(16)8-12(13)15(20)18-11-3-5-14-17-6-7-19(14)9-11/h2,4,6-8,11H,3,5,9H2,1H3,(H,18,20)/t11-/m0/s1. The largest absolute Gasteiger partial charge is 0.496 e. The van der Waals surface area contributed by atoms with Crippen LogP contribution in [0.4, 0.5) is 4.39 Å². The van der Waals surface area contributed by atoms with Crippen molar-refractivity contribution in [2.75, 3.05) is 7.11 Å². The Morgan fingerprint density at radius 2 is 2.38 bits per heavy atom. The van der Waals surface area contributed by atoms with Gasteiger partial charge < -0.3 is 14.6 Å². The van der Waals surface area contributed by atoms with Gasteiger partial charge in [0.05, 0.1) is 12.7 Å². The zero-order valence-corrected chi connectivity index (χ0v) is 11.7. The molecule has 0 saturated heterocycles. The monoisotopic (exact) mass is 289 g/mol. The topological polar surface area (TPSA) is 56.1 Å². The van der Waals surface area contributed by atoms with Gasteiger partial charge in [-0.2, -0.15) is 0 Å². The summed E-state index contributed by atoms with van der Waals surface area (Å²) >= 11 is 0. The normalized spacial score (nSPS) is 17.1. The number of methoxy groups -OCH3 is 1. The number of imidazole rings is 1. The fourth-order valence-electron chi connectivity index (χ4n) is 2.61. The molecule has 110 valence electrons. The Balaban J connectivity index is 1.74. The van der Waals surface area contributed by atoms with Crippen LogP contribution in [0.1, 0.15) is 22.6 Å². The molecule has 0 radical (unpaired) electrons. The smallest absolute Gasteiger partial charge is 0.255 e. The number of benzene rings is 1. The molecule has 0 fully saturated rings. The molecule has 1 aromatic carbocycles. The highest BCUT2D eigenvalue weighted by Crippen LogP contribution is 2.20. The molecule has 3 rings (SSSR count). The first-order chi connectivity index (χ1) is 10.2. The lowest BCUT2D eigenvalue weighted by Gasteiger charge is -2.25. The van der Waals surface area contributed by atoms with Crippen molar-refractivity contribution >= 4 is 5.91 Å². The molecular weight excluding hydrogens is 273 g/mol. The van der Waals surface area contributed by atoms with Crippen LogP contribution >= 0.6 is 0 Å². The second kappa shape index (κ2) is 5.55. The second-order valence-electron chi connectivity index (χ2n) is 5.05. The van der Waals surface area contributed by atoms with E-state index in [0.717, 1.165) is 18.7 Å². The Bertz CT molecular complexity index is 669. The van der Waals surface area contributed by atoms with Gasteiger partial charge in [0.1, 0.15) is 17.4 Å². The van der Waals surface area contributed by atoms with E-state index < -0.39 is 5.82 Å². The van der Waals surface area contributed by atoms with E-state index in [1.807, 2.05) is 10.8 Å². The molecule has 1 N–H and O–H groups in total. The van der Waals surface area contributed by atoms with E-state index in [9.17, 15) is 9.18 Å². The number of nitrogens with one attached hydrogen (secondary N) is 1. The number of amides is 1. The van der Waals surface area contributed by atoms with Crippen molar-refractivity contribution in [3.8, 4) is 5.75 Å². The van der Waals surface area contributed by atoms with Crippen molar-refractivity contribution in [2.24, 2.45) is 0 Å². The molecule has 1 aromatic heterocycles. The SMILES string of the molecule is COc1ccc(F)cc1C(=O)N[C@H]1CCc2nccn2C1. The number of nitrogens with zero attached hydrogens (tertiary/aromatic N) is 2. The summed E-state index contributed by atoms with van der Waals surface area (Å²) in [6.45, 7) is 0.679. The summed E-state index contributed by atoms with van der Waals surface area (Å²) in [7, 11) is 1.46. The maximum atomic E-state index is 13.3. The molecule has 6 heteroatoms. The Kier molecular flexibility index (Phi) is 3.60. The van der Waals surface area contributed by atoms with Gasteiger partial charge in [0, 0.05) is 31.4 Å². The van der Waals surface area contributed by atoms with Gasteiger partial charge in [0.2, 0.25) is 0 Å². The molecule has 1 aliphatic heterocycles. The number of carbonyl (C=O) groups is 1. The minimum Gasteiger partial charge on any atom is -0.496 e. The Morgan fingerprint density at radius 3 is 3.19 bits per heavy atom. The van der Waals surface area contributed by atoms with Crippen LogP contribution in [-0.4, -0.2) is 28.6 Å². The van der Waals surface area contributed by atoms with E-state index in [1.165, 1.54) is 25.3 Å². The Labute approximate surface area is 121 Å². The fraction of sp³-hybridized carbons (Fsp3) is 0.333. The summed E-state index contributed by atoms with van der Waals surface area (Å²) in [4.78, 5) is 16.6. The van der Waals surface area contributed by atoms with Crippen LogP contribution in [0.25, 0.3) is 0 Å². The predicted molar refractivity (Wildman–Crippen MR) is 74.8 cm³/mol. The summed E-state index contributed by atoms with van der Waals surface area (Å²) in [6.07, 6.45) is 5.30. The fourth-order valence-corrected chi connectivity index (χ4v) is 2.61. The summed E-state index contributed by atoms with van der Waals surface area (Å²) < 4.78 is 20.5. The van der Waals surface area contributed by atoms with Crippen molar-refractivity contribution in [2.45, 2.75) is 25.4 Å². The van der Waals surface area contributed by atoms with Gasteiger partial charge in [-0.15, -0.1) is 0 Å². The zero-order valence-electron chi connectivity index (χ0n) is 11.7. The minimum atomic E-state index is -0.457. The lowest BCUT2D eigenvalue weighted by atomic mass is 10.1. The van der Waals surface area contributed by atoms with E-state index in [0.29, 0.717) is 12.3 Å². The van der Waals surface area contributed by atoms with Gasteiger partial charge in [0.25, 0.3) is 5.91 Å². The minimum absolute atomic E-state index is 0.00664. The number of aromatic nitrogens is 2. The summed E-state index contributed by atoms with van der Waals surface area (Å²) in [5, 5.41) is 2.93. The molecular formula is C15H16FN3O2. The van der Waals surface area contributed by atoms with Crippen LogP contribution in [0.5, 0.6) is 5.75 Å². The van der Waals surface area contributed by atoms with Crippen molar-refractivity contribution < 1.29 is 13.9 Å². The maximum Gasteiger partial charge on any atom is 0.255 e. The molecule has 21 heavy (non-hydrogen) atoms. The van der Waals surface area contributed by atoms with E-state index in [1.54, 1.807) is 6.20 Å². The van der Waals surface area contributed by atoms with E-state index >= 15 is 0 Å². The number of carbonyl (C=O) groups excluding carboxylic acids is 1. The molecule has 5 nitrogen and oxygen atoms in total. The molecule has 1 amide bonds. The molecule has 2 heterocycles. The van der Waals surface area contributed by atoms with Crippen molar-refractivity contribution in [1.82, 2.24) is 14.9 Å². The van der Waals surface area contributed by atoms with Crippen LogP contribution < -0.4 is 10.1 Å². The van der Waals surface area contributed by atoms with Crippen molar-refractivity contribution in [3.05, 3.63) is 47.8 Å². The molecule has 0 aliphatic carbocycles.